The van der Waals surface area contributed by atoms with Gasteiger partial charge >= 0.3 is 0 Å². The van der Waals surface area contributed by atoms with Gasteiger partial charge in [0.2, 0.25) is 10.0 Å². The quantitative estimate of drug-likeness (QED) is 0.471. The number of anilines is 1. The van der Waals surface area contributed by atoms with Crippen molar-refractivity contribution >= 4 is 15.7 Å². The first-order chi connectivity index (χ1) is 7.97. The van der Waals surface area contributed by atoms with Gasteiger partial charge in [-0.15, -0.1) is 12.3 Å². The highest BCUT2D eigenvalue weighted by Crippen LogP contribution is 2.15. The molecule has 0 saturated heterocycles. The second-order valence-corrected chi connectivity index (χ2v) is 5.16. The normalized spacial score (nSPS) is 11.1. The Morgan fingerprint density at radius 3 is 2.76 bits per heavy atom. The molecular weight excluding hydrogens is 243 g/mol. The number of nitrogens with one attached hydrogen (secondary N) is 1. The van der Waals surface area contributed by atoms with Crippen molar-refractivity contribution in [3.05, 3.63) is 24.0 Å². The molecular formula is C11H13FN2O2S. The molecule has 1 aromatic carbocycles. The molecule has 0 amide bonds. The third kappa shape index (κ3) is 3.73. The largest absolute Gasteiger partial charge is 0.396 e. The van der Waals surface area contributed by atoms with Crippen LogP contribution < -0.4 is 10.5 Å². The third-order valence-electron chi connectivity index (χ3n) is 2.07. The minimum atomic E-state index is -3.69. The van der Waals surface area contributed by atoms with E-state index in [0.29, 0.717) is 12.8 Å². The highest BCUT2D eigenvalue weighted by molar-refractivity contribution is 7.89. The Morgan fingerprint density at radius 1 is 1.47 bits per heavy atom. The lowest BCUT2D eigenvalue weighted by atomic mass is 10.3. The Hall–Kier alpha value is -1.58. The van der Waals surface area contributed by atoms with Gasteiger partial charge in [0.1, 0.15) is 5.82 Å². The van der Waals surface area contributed by atoms with Gasteiger partial charge in [0, 0.05) is 13.0 Å². The maximum absolute atomic E-state index is 13.1. The Bertz CT molecular complexity index is 535. The summed E-state index contributed by atoms with van der Waals surface area (Å²) in [5, 5.41) is 0. The molecule has 0 atom stereocenters. The van der Waals surface area contributed by atoms with E-state index >= 15 is 0 Å². The van der Waals surface area contributed by atoms with E-state index in [9.17, 15) is 12.8 Å². The average Bonchev–Trinajstić information content (AvgIpc) is 2.28. The van der Waals surface area contributed by atoms with Crippen LogP contribution in [0, 0.1) is 18.2 Å². The summed E-state index contributed by atoms with van der Waals surface area (Å²) in [6.45, 7) is 0.221. The zero-order chi connectivity index (χ0) is 12.9. The summed E-state index contributed by atoms with van der Waals surface area (Å²) in [5.74, 6) is 1.65. The number of nitrogens with two attached hydrogens (primary N) is 1. The second kappa shape index (κ2) is 5.66. The van der Waals surface area contributed by atoms with Gasteiger partial charge in [-0.3, -0.25) is 0 Å². The van der Waals surface area contributed by atoms with Crippen LogP contribution in [-0.4, -0.2) is 15.0 Å². The van der Waals surface area contributed by atoms with E-state index in [2.05, 4.69) is 10.6 Å². The van der Waals surface area contributed by atoms with Crippen LogP contribution in [0.3, 0.4) is 0 Å². The van der Waals surface area contributed by atoms with E-state index in [1.165, 1.54) is 12.1 Å². The van der Waals surface area contributed by atoms with Crippen LogP contribution in [0.1, 0.15) is 12.8 Å². The zero-order valence-electron chi connectivity index (χ0n) is 9.11. The van der Waals surface area contributed by atoms with Gasteiger partial charge in [0.05, 0.1) is 10.6 Å². The number of sulfonamides is 1. The van der Waals surface area contributed by atoms with Gasteiger partial charge in [-0.2, -0.15) is 0 Å². The summed E-state index contributed by atoms with van der Waals surface area (Å²) >= 11 is 0. The molecule has 1 aromatic rings. The van der Waals surface area contributed by atoms with Gasteiger partial charge in [0.25, 0.3) is 0 Å². The van der Waals surface area contributed by atoms with Crippen molar-refractivity contribution in [2.75, 3.05) is 12.3 Å². The van der Waals surface area contributed by atoms with Gasteiger partial charge in [-0.05, 0) is 24.6 Å². The smallest absolute Gasteiger partial charge is 0.240 e. The number of rotatable bonds is 5. The number of nitrogen functional groups attached to an aromatic ring is 1. The van der Waals surface area contributed by atoms with Crippen LogP contribution in [0.5, 0.6) is 0 Å². The molecule has 1 rings (SSSR count). The molecule has 3 N–H and O–H groups in total. The number of hydrogen-bond donors (Lipinski definition) is 2. The molecule has 0 saturated carbocycles. The molecule has 0 unspecified atom stereocenters. The second-order valence-electron chi connectivity index (χ2n) is 3.39. The fourth-order valence-corrected chi connectivity index (χ4v) is 2.24. The van der Waals surface area contributed by atoms with Crippen molar-refractivity contribution in [3.63, 3.8) is 0 Å². The molecule has 6 heteroatoms. The van der Waals surface area contributed by atoms with Crippen LogP contribution in [-0.2, 0) is 10.0 Å². The van der Waals surface area contributed by atoms with Crippen LogP contribution in [0.15, 0.2) is 23.1 Å². The van der Waals surface area contributed by atoms with Gasteiger partial charge in [-0.1, -0.05) is 0 Å². The molecule has 0 heterocycles. The Labute approximate surface area is 100 Å². The predicted molar refractivity (Wildman–Crippen MR) is 64.1 cm³/mol. The van der Waals surface area contributed by atoms with Crippen molar-refractivity contribution in [1.82, 2.24) is 4.72 Å². The lowest BCUT2D eigenvalue weighted by Gasteiger charge is -2.06. The van der Waals surface area contributed by atoms with Gasteiger partial charge in [0.15, 0.2) is 0 Å². The van der Waals surface area contributed by atoms with Crippen molar-refractivity contribution in [1.29, 1.82) is 0 Å². The predicted octanol–water partition coefficient (Wildman–Crippen LogP) is 1.10. The standard InChI is InChI=1S/C11H13FN2O2S/c1-2-3-4-7-14-17(15,16)9-5-6-11(13)10(12)8-9/h1,5-6,8,14H,3-4,7,13H2. The molecule has 92 valence electrons. The van der Waals surface area contributed by atoms with Gasteiger partial charge in [-0.25, -0.2) is 17.5 Å². The highest BCUT2D eigenvalue weighted by atomic mass is 32.2. The topological polar surface area (TPSA) is 72.2 Å². The number of terminal acetylenes is 1. The molecule has 0 aliphatic rings. The zero-order valence-corrected chi connectivity index (χ0v) is 9.93. The molecule has 0 aromatic heterocycles. The Balaban J connectivity index is 2.76. The van der Waals surface area contributed by atoms with E-state index < -0.39 is 15.8 Å². The van der Waals surface area contributed by atoms with Crippen LogP contribution in [0.4, 0.5) is 10.1 Å². The first-order valence-electron chi connectivity index (χ1n) is 4.95. The van der Waals surface area contributed by atoms with Crippen LogP contribution in [0.25, 0.3) is 0 Å². The average molecular weight is 256 g/mol. The maximum Gasteiger partial charge on any atom is 0.240 e. The van der Waals surface area contributed by atoms with Crippen LogP contribution in [0.2, 0.25) is 0 Å². The number of benzene rings is 1. The minimum absolute atomic E-state index is 0.0868. The Morgan fingerprint density at radius 2 is 2.18 bits per heavy atom. The molecule has 4 nitrogen and oxygen atoms in total. The van der Waals surface area contributed by atoms with Crippen LogP contribution >= 0.6 is 0 Å². The first-order valence-corrected chi connectivity index (χ1v) is 6.44. The lowest BCUT2D eigenvalue weighted by molar-refractivity contribution is 0.576. The molecule has 0 aliphatic carbocycles. The maximum atomic E-state index is 13.1. The summed E-state index contributed by atoms with van der Waals surface area (Å²) in [6.07, 6.45) is 6.05. The number of unbranched alkanes of at least 4 members (excludes halogenated alkanes) is 1. The SMILES string of the molecule is C#CCCCNS(=O)(=O)c1ccc(N)c(F)c1. The molecule has 0 aliphatic heterocycles. The van der Waals surface area contributed by atoms with Gasteiger partial charge < -0.3 is 5.73 Å². The summed E-state index contributed by atoms with van der Waals surface area (Å²) in [5.41, 5.74) is 5.17. The Kier molecular flexibility index (Phi) is 4.49. The minimum Gasteiger partial charge on any atom is -0.396 e. The van der Waals surface area contributed by atoms with Crippen molar-refractivity contribution in [2.24, 2.45) is 0 Å². The fourth-order valence-electron chi connectivity index (χ4n) is 1.16. The summed E-state index contributed by atoms with van der Waals surface area (Å²) in [6, 6.07) is 3.35. The van der Waals surface area contributed by atoms with Crippen molar-refractivity contribution in [3.8, 4) is 12.3 Å². The number of hydrogen-bond acceptors (Lipinski definition) is 3. The monoisotopic (exact) mass is 256 g/mol. The van der Waals surface area contributed by atoms with E-state index in [-0.39, 0.29) is 17.1 Å². The summed E-state index contributed by atoms with van der Waals surface area (Å²) in [4.78, 5) is -0.148. The highest BCUT2D eigenvalue weighted by Gasteiger charge is 2.14. The molecule has 0 bridgehead atoms. The first kappa shape index (κ1) is 13.5. The molecule has 17 heavy (non-hydrogen) atoms. The third-order valence-corrected chi connectivity index (χ3v) is 3.53. The van der Waals surface area contributed by atoms with Crippen molar-refractivity contribution in [2.45, 2.75) is 17.7 Å². The van der Waals surface area contributed by atoms with E-state index in [1.807, 2.05) is 0 Å². The molecule has 0 spiro atoms. The molecule has 0 fully saturated rings. The lowest BCUT2D eigenvalue weighted by Crippen LogP contribution is -2.24. The van der Waals surface area contributed by atoms with E-state index in [1.54, 1.807) is 0 Å². The van der Waals surface area contributed by atoms with E-state index in [0.717, 1.165) is 6.07 Å². The molecule has 0 radical (unpaired) electrons. The fraction of sp³-hybridized carbons (Fsp3) is 0.273. The van der Waals surface area contributed by atoms with Crippen molar-refractivity contribution < 1.29 is 12.8 Å². The number of halogens is 1. The van der Waals surface area contributed by atoms with E-state index in [4.69, 9.17) is 12.2 Å². The summed E-state index contributed by atoms with van der Waals surface area (Å²) in [7, 11) is -3.69. The summed E-state index contributed by atoms with van der Waals surface area (Å²) < 4.78 is 38.8.